The Hall–Kier alpha value is -3.14. The molecule has 2 aromatic rings. The fraction of sp³-hybridized carbons (Fsp3) is 0.278. The summed E-state index contributed by atoms with van der Waals surface area (Å²) < 4.78 is 37.5. The van der Waals surface area contributed by atoms with E-state index in [0.717, 1.165) is 10.4 Å². The van der Waals surface area contributed by atoms with E-state index in [-0.39, 0.29) is 28.6 Å². The van der Waals surface area contributed by atoms with Crippen molar-refractivity contribution in [1.82, 2.24) is 0 Å². The van der Waals surface area contributed by atoms with Crippen molar-refractivity contribution in [3.8, 4) is 5.75 Å². The number of sulfonamides is 1. The van der Waals surface area contributed by atoms with E-state index in [4.69, 9.17) is 9.47 Å². The largest absolute Gasteiger partial charge is 0.495 e. The van der Waals surface area contributed by atoms with E-state index in [9.17, 15) is 23.3 Å². The molecule has 0 bridgehead atoms. The zero-order valence-electron chi connectivity index (χ0n) is 15.6. The van der Waals surface area contributed by atoms with Crippen molar-refractivity contribution >= 4 is 27.4 Å². The predicted octanol–water partition coefficient (Wildman–Crippen LogP) is 2.67. The highest BCUT2D eigenvalue weighted by molar-refractivity contribution is 7.92. The number of ether oxygens (including phenoxy) is 2. The van der Waals surface area contributed by atoms with Gasteiger partial charge in [0.2, 0.25) is 0 Å². The first-order valence-electron chi connectivity index (χ1n) is 8.28. The number of hydrogen-bond donors (Lipinski definition) is 0. The molecule has 0 aliphatic rings. The Morgan fingerprint density at radius 1 is 1.21 bits per heavy atom. The molecule has 0 saturated carbocycles. The van der Waals surface area contributed by atoms with Crippen LogP contribution >= 0.6 is 0 Å². The molecule has 0 atom stereocenters. The molecule has 2 rings (SSSR count). The molecule has 150 valence electrons. The lowest BCUT2D eigenvalue weighted by atomic mass is 10.2. The fourth-order valence-corrected chi connectivity index (χ4v) is 3.97. The minimum absolute atomic E-state index is 0.0780. The van der Waals surface area contributed by atoms with Crippen LogP contribution in [0.5, 0.6) is 5.75 Å². The van der Waals surface area contributed by atoms with E-state index in [1.165, 1.54) is 32.2 Å². The van der Waals surface area contributed by atoms with Gasteiger partial charge in [-0.2, -0.15) is 0 Å². The smallest absolute Gasteiger partial charge is 0.326 e. The molecule has 0 unspecified atom stereocenters. The number of methoxy groups -OCH3 is 1. The van der Waals surface area contributed by atoms with E-state index in [1.807, 2.05) is 0 Å². The van der Waals surface area contributed by atoms with E-state index in [1.54, 1.807) is 25.1 Å². The van der Waals surface area contributed by atoms with Crippen LogP contribution in [0.3, 0.4) is 0 Å². The zero-order chi connectivity index (χ0) is 20.9. The van der Waals surface area contributed by atoms with E-state index < -0.39 is 27.5 Å². The fourth-order valence-electron chi connectivity index (χ4n) is 2.53. The van der Waals surface area contributed by atoms with Gasteiger partial charge in [0.25, 0.3) is 15.7 Å². The predicted molar refractivity (Wildman–Crippen MR) is 102 cm³/mol. The van der Waals surface area contributed by atoms with Crippen LogP contribution in [0, 0.1) is 17.0 Å². The van der Waals surface area contributed by atoms with Gasteiger partial charge in [-0.1, -0.05) is 18.2 Å². The number of nitrogens with zero attached hydrogens (tertiary/aromatic N) is 2. The second kappa shape index (κ2) is 8.70. The molecule has 9 nitrogen and oxygen atoms in total. The van der Waals surface area contributed by atoms with E-state index in [0.29, 0.717) is 5.56 Å². The highest BCUT2D eigenvalue weighted by atomic mass is 32.2. The molecule has 0 spiro atoms. The molecule has 2 aromatic carbocycles. The third-order valence-electron chi connectivity index (χ3n) is 3.90. The zero-order valence-corrected chi connectivity index (χ0v) is 16.4. The SMILES string of the molecule is CCOC(=O)CN(c1ccccc1OC)S(=O)(=O)c1ccc(C)c([N+](=O)[O-])c1. The van der Waals surface area contributed by atoms with Gasteiger partial charge in [0.1, 0.15) is 12.3 Å². The topological polar surface area (TPSA) is 116 Å². The molecule has 0 saturated heterocycles. The number of esters is 1. The molecular weight excluding hydrogens is 388 g/mol. The average Bonchev–Trinajstić information content (AvgIpc) is 2.66. The summed E-state index contributed by atoms with van der Waals surface area (Å²) in [5, 5.41) is 11.2. The molecule has 0 N–H and O–H groups in total. The van der Waals surface area contributed by atoms with Crippen LogP contribution in [-0.4, -0.2) is 39.6 Å². The van der Waals surface area contributed by atoms with Crippen LogP contribution in [0.1, 0.15) is 12.5 Å². The van der Waals surface area contributed by atoms with Crippen molar-refractivity contribution in [2.45, 2.75) is 18.7 Å². The summed E-state index contributed by atoms with van der Waals surface area (Å²) in [6.45, 7) is 2.57. The summed E-state index contributed by atoms with van der Waals surface area (Å²) in [5.74, 6) is -0.546. The van der Waals surface area contributed by atoms with Crippen molar-refractivity contribution in [3.63, 3.8) is 0 Å². The van der Waals surface area contributed by atoms with Crippen molar-refractivity contribution < 1.29 is 27.6 Å². The highest BCUT2D eigenvalue weighted by Crippen LogP contribution is 2.33. The van der Waals surface area contributed by atoms with Gasteiger partial charge in [-0.15, -0.1) is 0 Å². The minimum Gasteiger partial charge on any atom is -0.495 e. The van der Waals surface area contributed by atoms with Crippen LogP contribution in [0.2, 0.25) is 0 Å². The van der Waals surface area contributed by atoms with Gasteiger partial charge in [0.05, 0.1) is 29.2 Å². The molecule has 0 aromatic heterocycles. The third-order valence-corrected chi connectivity index (χ3v) is 5.65. The summed E-state index contributed by atoms with van der Waals surface area (Å²) in [5.41, 5.74) is 0.0941. The second-order valence-corrected chi connectivity index (χ2v) is 7.56. The number of nitro groups is 1. The summed E-state index contributed by atoms with van der Waals surface area (Å²) >= 11 is 0. The lowest BCUT2D eigenvalue weighted by molar-refractivity contribution is -0.385. The van der Waals surface area contributed by atoms with Crippen LogP contribution in [-0.2, 0) is 19.6 Å². The number of nitro benzene ring substituents is 1. The molecule has 0 aliphatic carbocycles. The molecule has 0 radical (unpaired) electrons. The maximum Gasteiger partial charge on any atom is 0.326 e. The maximum absolute atomic E-state index is 13.3. The van der Waals surface area contributed by atoms with Crippen LogP contribution in [0.15, 0.2) is 47.4 Å². The first-order valence-corrected chi connectivity index (χ1v) is 9.72. The maximum atomic E-state index is 13.3. The third kappa shape index (κ3) is 4.39. The molecular formula is C18H20N2O7S. The van der Waals surface area contributed by atoms with Gasteiger partial charge in [-0.3, -0.25) is 19.2 Å². The monoisotopic (exact) mass is 408 g/mol. The number of carbonyl (C=O) groups is 1. The van der Waals surface area contributed by atoms with Crippen LogP contribution in [0.4, 0.5) is 11.4 Å². The van der Waals surface area contributed by atoms with Gasteiger partial charge < -0.3 is 9.47 Å². The standard InChI is InChI=1S/C18H20N2O7S/c1-4-27-18(21)12-19(15-7-5-6-8-17(15)26-3)28(24,25)14-10-9-13(2)16(11-14)20(22)23/h5-11H,4,12H2,1-3H3. The van der Waals surface area contributed by atoms with Crippen molar-refractivity contribution in [2.24, 2.45) is 0 Å². The summed E-state index contributed by atoms with van der Waals surface area (Å²) in [7, 11) is -2.96. The summed E-state index contributed by atoms with van der Waals surface area (Å²) in [4.78, 5) is 22.3. The number of hydrogen-bond acceptors (Lipinski definition) is 7. The minimum atomic E-state index is -4.32. The lowest BCUT2D eigenvalue weighted by Crippen LogP contribution is -2.37. The Kier molecular flexibility index (Phi) is 6.57. The Labute approximate surface area is 162 Å². The second-order valence-electron chi connectivity index (χ2n) is 5.69. The van der Waals surface area contributed by atoms with E-state index in [2.05, 4.69) is 0 Å². The molecule has 0 aliphatic heterocycles. The molecule has 0 fully saturated rings. The number of para-hydroxylation sites is 2. The van der Waals surface area contributed by atoms with Gasteiger partial charge in [-0.25, -0.2) is 8.42 Å². The summed E-state index contributed by atoms with van der Waals surface area (Å²) in [6.07, 6.45) is 0. The normalized spacial score (nSPS) is 11.0. The number of carbonyl (C=O) groups excluding carboxylic acids is 1. The Morgan fingerprint density at radius 2 is 1.89 bits per heavy atom. The lowest BCUT2D eigenvalue weighted by Gasteiger charge is -2.25. The molecule has 0 amide bonds. The molecule has 0 heterocycles. The summed E-state index contributed by atoms with van der Waals surface area (Å²) in [6, 6.07) is 9.81. The van der Waals surface area contributed by atoms with E-state index >= 15 is 0 Å². The highest BCUT2D eigenvalue weighted by Gasteiger charge is 2.31. The number of anilines is 1. The number of aryl methyl sites for hydroxylation is 1. The van der Waals surface area contributed by atoms with Gasteiger partial charge in [0.15, 0.2) is 0 Å². The van der Waals surface area contributed by atoms with Crippen LogP contribution in [0.25, 0.3) is 0 Å². The molecule has 10 heteroatoms. The number of benzene rings is 2. The van der Waals surface area contributed by atoms with Crippen molar-refractivity contribution in [2.75, 3.05) is 24.6 Å². The Morgan fingerprint density at radius 3 is 2.50 bits per heavy atom. The first-order chi connectivity index (χ1) is 13.2. The quantitative estimate of drug-likeness (QED) is 0.374. The van der Waals surface area contributed by atoms with Gasteiger partial charge in [0, 0.05) is 11.6 Å². The average molecular weight is 408 g/mol. The van der Waals surface area contributed by atoms with Crippen molar-refractivity contribution in [1.29, 1.82) is 0 Å². The Balaban J connectivity index is 2.63. The number of rotatable bonds is 8. The molecule has 28 heavy (non-hydrogen) atoms. The first kappa shape index (κ1) is 21.2. The van der Waals surface area contributed by atoms with Gasteiger partial charge in [-0.05, 0) is 32.0 Å². The van der Waals surface area contributed by atoms with Crippen molar-refractivity contribution in [3.05, 3.63) is 58.1 Å². The van der Waals surface area contributed by atoms with Gasteiger partial charge >= 0.3 is 5.97 Å². The Bertz CT molecular complexity index is 989. The van der Waals surface area contributed by atoms with Crippen LogP contribution < -0.4 is 9.04 Å².